The SMILES string of the molecule is C=C[C@H](OC(C)=O)C(C)(C)O. The fourth-order valence-electron chi connectivity index (χ4n) is 0.660. The Morgan fingerprint density at radius 2 is 2.18 bits per heavy atom. The summed E-state index contributed by atoms with van der Waals surface area (Å²) in [6, 6.07) is 0. The van der Waals surface area contributed by atoms with Crippen LogP contribution in [0.15, 0.2) is 12.7 Å². The standard InChI is InChI=1S/C8H14O3/c1-5-7(8(3,4)10)11-6(2)9/h5,7,10H,1H2,2-4H3/t7-/m0/s1. The largest absolute Gasteiger partial charge is 0.455 e. The molecule has 0 aromatic rings. The van der Waals surface area contributed by atoms with Gasteiger partial charge in [0.1, 0.15) is 6.10 Å². The van der Waals surface area contributed by atoms with Gasteiger partial charge < -0.3 is 9.84 Å². The highest BCUT2D eigenvalue weighted by atomic mass is 16.6. The van der Waals surface area contributed by atoms with E-state index in [1.54, 1.807) is 13.8 Å². The van der Waals surface area contributed by atoms with Gasteiger partial charge in [0.15, 0.2) is 0 Å². The molecular formula is C8H14O3. The van der Waals surface area contributed by atoms with E-state index in [2.05, 4.69) is 6.58 Å². The highest BCUT2D eigenvalue weighted by Crippen LogP contribution is 2.13. The van der Waals surface area contributed by atoms with Crippen LogP contribution in [0.3, 0.4) is 0 Å². The Balaban J connectivity index is 4.18. The summed E-state index contributed by atoms with van der Waals surface area (Å²) >= 11 is 0. The Labute approximate surface area is 66.7 Å². The van der Waals surface area contributed by atoms with Gasteiger partial charge in [-0.3, -0.25) is 4.79 Å². The summed E-state index contributed by atoms with van der Waals surface area (Å²) in [6.07, 6.45) is 0.765. The zero-order valence-corrected chi connectivity index (χ0v) is 7.13. The third-order valence-electron chi connectivity index (χ3n) is 1.20. The van der Waals surface area contributed by atoms with Crippen molar-refractivity contribution >= 4 is 5.97 Å². The molecular weight excluding hydrogens is 144 g/mol. The second-order valence-corrected chi connectivity index (χ2v) is 2.92. The first-order chi connectivity index (χ1) is 4.88. The molecule has 1 atom stereocenters. The number of hydrogen-bond donors (Lipinski definition) is 1. The molecule has 0 saturated heterocycles. The molecule has 0 aromatic heterocycles. The van der Waals surface area contributed by atoms with Crippen molar-refractivity contribution in [1.29, 1.82) is 0 Å². The molecule has 0 aliphatic rings. The van der Waals surface area contributed by atoms with Gasteiger partial charge >= 0.3 is 5.97 Å². The van der Waals surface area contributed by atoms with Crippen LogP contribution in [0.4, 0.5) is 0 Å². The van der Waals surface area contributed by atoms with Crippen molar-refractivity contribution < 1.29 is 14.6 Å². The van der Waals surface area contributed by atoms with Crippen LogP contribution in [-0.4, -0.2) is 22.8 Å². The fraction of sp³-hybridized carbons (Fsp3) is 0.625. The van der Waals surface area contributed by atoms with Crippen LogP contribution >= 0.6 is 0 Å². The van der Waals surface area contributed by atoms with E-state index in [1.165, 1.54) is 13.0 Å². The third-order valence-corrected chi connectivity index (χ3v) is 1.20. The topological polar surface area (TPSA) is 46.5 Å². The van der Waals surface area contributed by atoms with Crippen molar-refractivity contribution in [3.05, 3.63) is 12.7 Å². The maximum atomic E-state index is 10.5. The molecule has 0 amide bonds. The average Bonchev–Trinajstić information content (AvgIpc) is 1.79. The van der Waals surface area contributed by atoms with Crippen molar-refractivity contribution in [3.63, 3.8) is 0 Å². The van der Waals surface area contributed by atoms with Crippen LogP contribution < -0.4 is 0 Å². The van der Waals surface area contributed by atoms with Gasteiger partial charge in [-0.1, -0.05) is 6.58 Å². The molecule has 11 heavy (non-hydrogen) atoms. The minimum atomic E-state index is -1.06. The first kappa shape index (κ1) is 10.2. The zero-order chi connectivity index (χ0) is 9.07. The number of carbonyl (C=O) groups excluding carboxylic acids is 1. The smallest absolute Gasteiger partial charge is 0.303 e. The molecule has 0 fully saturated rings. The van der Waals surface area contributed by atoms with Gasteiger partial charge in [-0.25, -0.2) is 0 Å². The van der Waals surface area contributed by atoms with Gasteiger partial charge in [0.05, 0.1) is 5.60 Å². The van der Waals surface area contributed by atoms with E-state index in [4.69, 9.17) is 4.74 Å². The van der Waals surface area contributed by atoms with Crippen LogP contribution in [0.1, 0.15) is 20.8 Å². The molecule has 3 heteroatoms. The second kappa shape index (κ2) is 3.53. The second-order valence-electron chi connectivity index (χ2n) is 2.92. The van der Waals surface area contributed by atoms with Crippen molar-refractivity contribution in [2.75, 3.05) is 0 Å². The van der Waals surface area contributed by atoms with Crippen molar-refractivity contribution in [3.8, 4) is 0 Å². The summed E-state index contributed by atoms with van der Waals surface area (Å²) in [6.45, 7) is 7.85. The molecule has 0 heterocycles. The highest BCUT2D eigenvalue weighted by molar-refractivity contribution is 5.66. The summed E-state index contributed by atoms with van der Waals surface area (Å²) in [5.41, 5.74) is -1.06. The van der Waals surface area contributed by atoms with Gasteiger partial charge in [-0.05, 0) is 19.9 Å². The predicted octanol–water partition coefficient (Wildman–Crippen LogP) is 0.875. The number of carbonyl (C=O) groups is 1. The Morgan fingerprint density at radius 1 is 1.73 bits per heavy atom. The molecule has 0 saturated carbocycles. The number of ether oxygens (including phenoxy) is 1. The summed E-state index contributed by atoms with van der Waals surface area (Å²) < 4.78 is 4.76. The van der Waals surface area contributed by atoms with Crippen molar-refractivity contribution in [1.82, 2.24) is 0 Å². The third kappa shape index (κ3) is 3.78. The molecule has 64 valence electrons. The molecule has 0 aliphatic carbocycles. The van der Waals surface area contributed by atoms with E-state index in [0.29, 0.717) is 0 Å². The van der Waals surface area contributed by atoms with Crippen LogP contribution in [0, 0.1) is 0 Å². The maximum absolute atomic E-state index is 10.5. The van der Waals surface area contributed by atoms with Gasteiger partial charge in [-0.15, -0.1) is 0 Å². The van der Waals surface area contributed by atoms with Crippen LogP contribution in [0.25, 0.3) is 0 Å². The Hall–Kier alpha value is -0.830. The van der Waals surface area contributed by atoms with E-state index >= 15 is 0 Å². The van der Waals surface area contributed by atoms with E-state index < -0.39 is 17.7 Å². The summed E-state index contributed by atoms with van der Waals surface area (Å²) in [4.78, 5) is 10.5. The maximum Gasteiger partial charge on any atom is 0.303 e. The molecule has 0 rings (SSSR count). The Bertz CT molecular complexity index is 155. The lowest BCUT2D eigenvalue weighted by atomic mass is 10.0. The average molecular weight is 158 g/mol. The first-order valence-corrected chi connectivity index (χ1v) is 3.40. The lowest BCUT2D eigenvalue weighted by molar-refractivity contribution is -0.154. The molecule has 0 unspecified atom stereocenters. The molecule has 0 aliphatic heterocycles. The van der Waals surface area contributed by atoms with E-state index in [0.717, 1.165) is 0 Å². The van der Waals surface area contributed by atoms with Gasteiger partial charge in [0, 0.05) is 6.92 Å². The molecule has 0 radical (unpaired) electrons. The number of hydrogen-bond acceptors (Lipinski definition) is 3. The number of aliphatic hydroxyl groups is 1. The van der Waals surface area contributed by atoms with Gasteiger partial charge in [0.25, 0.3) is 0 Å². The Morgan fingerprint density at radius 3 is 2.27 bits per heavy atom. The minimum Gasteiger partial charge on any atom is -0.455 e. The normalized spacial score (nSPS) is 13.8. The van der Waals surface area contributed by atoms with Crippen LogP contribution in [-0.2, 0) is 9.53 Å². The Kier molecular flexibility index (Phi) is 3.26. The fourth-order valence-corrected chi connectivity index (χ4v) is 0.660. The summed E-state index contributed by atoms with van der Waals surface area (Å²) in [5.74, 6) is -0.419. The lowest BCUT2D eigenvalue weighted by Crippen LogP contribution is -2.37. The highest BCUT2D eigenvalue weighted by Gasteiger charge is 2.26. The summed E-state index contributed by atoms with van der Waals surface area (Å²) in [7, 11) is 0. The predicted molar refractivity (Wildman–Crippen MR) is 42.0 cm³/mol. The van der Waals surface area contributed by atoms with E-state index in [-0.39, 0.29) is 0 Å². The molecule has 0 bridgehead atoms. The van der Waals surface area contributed by atoms with Gasteiger partial charge in [0.2, 0.25) is 0 Å². The summed E-state index contributed by atoms with van der Waals surface area (Å²) in [5, 5.41) is 9.38. The molecule has 0 aromatic carbocycles. The van der Waals surface area contributed by atoms with E-state index in [9.17, 15) is 9.90 Å². The first-order valence-electron chi connectivity index (χ1n) is 3.40. The molecule has 0 spiro atoms. The quantitative estimate of drug-likeness (QED) is 0.489. The van der Waals surface area contributed by atoms with Crippen molar-refractivity contribution in [2.45, 2.75) is 32.5 Å². The molecule has 1 N–H and O–H groups in total. The van der Waals surface area contributed by atoms with Crippen LogP contribution in [0.5, 0.6) is 0 Å². The minimum absolute atomic E-state index is 0.419. The zero-order valence-electron chi connectivity index (χ0n) is 7.13. The van der Waals surface area contributed by atoms with Gasteiger partial charge in [-0.2, -0.15) is 0 Å². The lowest BCUT2D eigenvalue weighted by Gasteiger charge is -2.25. The number of rotatable bonds is 3. The monoisotopic (exact) mass is 158 g/mol. The van der Waals surface area contributed by atoms with Crippen LogP contribution in [0.2, 0.25) is 0 Å². The van der Waals surface area contributed by atoms with Crippen molar-refractivity contribution in [2.24, 2.45) is 0 Å². The molecule has 3 nitrogen and oxygen atoms in total. The van der Waals surface area contributed by atoms with E-state index in [1.807, 2.05) is 0 Å². The number of esters is 1.